The van der Waals surface area contributed by atoms with Crippen LogP contribution in [0.2, 0.25) is 0 Å². The molecule has 4 aromatic rings. The summed E-state index contributed by atoms with van der Waals surface area (Å²) in [5, 5.41) is 97.5. The predicted octanol–water partition coefficient (Wildman–Crippen LogP) is -6.93. The molecule has 1 heterocycles. The third-order valence-electron chi connectivity index (χ3n) is 16.3. The van der Waals surface area contributed by atoms with E-state index in [2.05, 4.69) is 81.4 Å². The van der Waals surface area contributed by atoms with Crippen molar-refractivity contribution in [3.63, 3.8) is 0 Å². The molecule has 108 heavy (non-hydrogen) atoms. The van der Waals surface area contributed by atoms with E-state index in [-0.39, 0.29) is 29.0 Å². The molecular weight excluding hydrogens is 1440 g/mol. The minimum Gasteiger partial charge on any atom is -0.508 e. The van der Waals surface area contributed by atoms with Gasteiger partial charge in [0.1, 0.15) is 84.0 Å². The molecule has 0 saturated heterocycles. The molecule has 0 aliphatic carbocycles. The molecule has 0 spiro atoms. The zero-order valence-corrected chi connectivity index (χ0v) is 59.7. The number of nitrogens with two attached hydrogens (primary N) is 3. The highest BCUT2D eigenvalue weighted by Crippen LogP contribution is 2.21. The Balaban J connectivity index is 1.59. The van der Waals surface area contributed by atoms with Crippen molar-refractivity contribution in [1.29, 1.82) is 0 Å². The Morgan fingerprint density at radius 2 is 0.796 bits per heavy atom. The quantitative estimate of drug-likeness (QED) is 0.0183. The molecule has 0 radical (unpaired) electrons. The van der Waals surface area contributed by atoms with Crippen LogP contribution in [-0.2, 0) is 101 Å². The van der Waals surface area contributed by atoms with Gasteiger partial charge in [0.2, 0.25) is 82.7 Å². The fourth-order valence-electron chi connectivity index (χ4n) is 10.2. The lowest BCUT2D eigenvalue weighted by molar-refractivity contribution is -0.143. The number of thiol groups is 1. The van der Waals surface area contributed by atoms with Gasteiger partial charge in [-0.15, -0.1) is 0 Å². The third-order valence-corrected chi connectivity index (χ3v) is 16.6. The number of phenolic OH excluding ortho intramolecular Hbond substituents is 2. The number of primary amides is 2. The lowest BCUT2D eigenvalue weighted by atomic mass is 10.0. The van der Waals surface area contributed by atoms with Gasteiger partial charge < -0.3 is 122 Å². The number of benzene rings is 3. The van der Waals surface area contributed by atoms with Gasteiger partial charge in [-0.3, -0.25) is 76.7 Å². The Bertz CT molecular complexity index is 3920. The van der Waals surface area contributed by atoms with E-state index in [1.807, 2.05) is 0 Å². The summed E-state index contributed by atoms with van der Waals surface area (Å²) in [6.45, 7) is 3.46. The molecule has 14 atom stereocenters. The number of aromatic hydroxyl groups is 2. The van der Waals surface area contributed by atoms with Crippen molar-refractivity contribution in [2.45, 2.75) is 177 Å². The van der Waals surface area contributed by atoms with Gasteiger partial charge in [0.15, 0.2) is 0 Å². The van der Waals surface area contributed by atoms with E-state index in [4.69, 9.17) is 17.2 Å². The van der Waals surface area contributed by atoms with E-state index < -0.39 is 255 Å². The number of aliphatic hydroxyl groups is 2. The molecule has 1 aromatic heterocycles. The highest BCUT2D eigenvalue weighted by atomic mass is 32.1. The van der Waals surface area contributed by atoms with Crippen molar-refractivity contribution in [3.8, 4) is 11.5 Å². The summed E-state index contributed by atoms with van der Waals surface area (Å²) >= 11 is 4.25. The fourth-order valence-corrected chi connectivity index (χ4v) is 10.5. The Kier molecular flexibility index (Phi) is 35.1. The molecule has 26 N–H and O–H groups in total. The molecule has 0 fully saturated rings. The van der Waals surface area contributed by atoms with Gasteiger partial charge in [-0.2, -0.15) is 12.6 Å². The van der Waals surface area contributed by atoms with E-state index in [0.717, 1.165) is 20.8 Å². The molecule has 0 saturated carbocycles. The lowest BCUT2D eigenvalue weighted by Crippen LogP contribution is -2.62. The summed E-state index contributed by atoms with van der Waals surface area (Å²) < 4.78 is 0. The fraction of sp³-hybridized carbons (Fsp3) is 0.448. The highest BCUT2D eigenvalue weighted by Gasteiger charge is 2.38. The molecule has 40 nitrogen and oxygen atoms in total. The molecular formula is C67H90N16O24S. The van der Waals surface area contributed by atoms with Crippen molar-refractivity contribution in [2.75, 3.05) is 12.4 Å². The molecule has 0 aliphatic rings. The zero-order chi connectivity index (χ0) is 80.8. The largest absolute Gasteiger partial charge is 0.508 e. The summed E-state index contributed by atoms with van der Waals surface area (Å²) in [5.74, 6) is -21.4. The maximum Gasteiger partial charge on any atom is 0.328 e. The van der Waals surface area contributed by atoms with E-state index in [9.17, 15) is 117 Å². The monoisotopic (exact) mass is 1530 g/mol. The van der Waals surface area contributed by atoms with Crippen molar-refractivity contribution in [1.82, 2.24) is 68.8 Å². The van der Waals surface area contributed by atoms with Crippen LogP contribution in [0, 0.1) is 0 Å². The SMILES string of the molecule is C[C@H](N)C(=O)N[C@@H](CCC(=O)O)C(=O)N[C@@H](CC(=O)O)C(=O)N[C@@H](C)C(=O)N[C@@H](C)C(=O)N[C@H](C(=O)N[C@@H](Cc1ccc(O)cc1)C(=O)N[C@@H](Cc1ccc(O)cc1)C(=O)N[C@@H](CS)C(=O)N[C@@H](CCC(N)=O)C(=O)N[C@@H](CCC(N)=O)C(=O)N[C@@H](Cc1c[nH]c2ccccc12)C(=O)N[C@@H](CO)C(=O)O)[C@@H](C)O. The average Bonchev–Trinajstić information content (AvgIpc) is 1.65. The first kappa shape index (κ1) is 88.4. The Labute approximate surface area is 621 Å². The standard InChI is InChI=1S/C67H90N16O24S/c1-30(68)55(94)74-43(19-22-52(90)91)60(99)79-47(26-53(92)93)61(100)73-31(2)56(95)72-32(3)57(96)83-54(33(4)85)66(105)80-45(24-35-11-15-38(87)16-12-35)62(101)77-44(23-34-9-13-37(86)14-10-34)63(102)82-49(29-108)65(104)76-41(17-20-50(69)88)58(97)75-42(18-21-51(70)89)59(98)78-46(64(103)81-48(28-84)67(106)107)25-36-27-71-40-8-6-5-7-39(36)40/h5-16,27,30-33,41-49,54,71,84-87,108H,17-26,28-29,68H2,1-4H3,(H2,69,88)(H2,70,89)(H,72,95)(H,73,100)(H,74,94)(H,75,97)(H,76,104)(H,77,101)(H,78,98)(H,79,99)(H,80,105)(H,81,103)(H,82,102)(H,83,96)(H,90,91)(H,92,93)(H,106,107)/t30-,31-,32-,33+,41-,42-,43-,44-,45-,46-,47-,48-,49-,54-/m0/s1. The molecule has 0 unspecified atom stereocenters. The molecule has 588 valence electrons. The van der Waals surface area contributed by atoms with Crippen molar-refractivity contribution in [3.05, 3.63) is 95.7 Å². The van der Waals surface area contributed by atoms with Gasteiger partial charge in [-0.1, -0.05) is 42.5 Å². The number of carbonyl (C=O) groups is 17. The number of hydrogen-bond donors (Lipinski definition) is 24. The topological polar surface area (TPSA) is 670 Å². The van der Waals surface area contributed by atoms with Crippen molar-refractivity contribution < 1.29 is 117 Å². The van der Waals surface area contributed by atoms with Crippen LogP contribution in [0.4, 0.5) is 0 Å². The molecule has 14 amide bonds. The number of aromatic nitrogens is 1. The van der Waals surface area contributed by atoms with Gasteiger partial charge in [-0.25, -0.2) is 4.79 Å². The Hall–Kier alpha value is -12.0. The first-order chi connectivity index (χ1) is 50.8. The predicted molar refractivity (Wildman–Crippen MR) is 380 cm³/mol. The van der Waals surface area contributed by atoms with Crippen molar-refractivity contribution >= 4 is 124 Å². The van der Waals surface area contributed by atoms with E-state index in [1.165, 1.54) is 61.7 Å². The molecule has 0 bridgehead atoms. The average molecular weight is 1540 g/mol. The molecule has 3 aromatic carbocycles. The molecule has 41 heteroatoms. The number of rotatable bonds is 45. The van der Waals surface area contributed by atoms with E-state index >= 15 is 0 Å². The number of amides is 14. The van der Waals surface area contributed by atoms with E-state index in [0.29, 0.717) is 16.5 Å². The lowest BCUT2D eigenvalue weighted by Gasteiger charge is -2.28. The van der Waals surface area contributed by atoms with Crippen LogP contribution in [0.5, 0.6) is 11.5 Å². The number of nitrogens with one attached hydrogen (secondary N) is 13. The summed E-state index contributed by atoms with van der Waals surface area (Å²) in [6.07, 6.45) is -6.01. The maximum atomic E-state index is 14.7. The second-order valence-corrected chi connectivity index (χ2v) is 25.4. The number of aliphatic carboxylic acids is 3. The smallest absolute Gasteiger partial charge is 0.328 e. The number of aromatic amines is 1. The van der Waals surface area contributed by atoms with Gasteiger partial charge in [0.05, 0.1) is 25.2 Å². The minimum absolute atomic E-state index is 0.219. The van der Waals surface area contributed by atoms with Gasteiger partial charge in [-0.05, 0) is 94.0 Å². The number of carboxylic acid groups (broad SMARTS) is 3. The summed E-state index contributed by atoms with van der Waals surface area (Å²) in [6, 6.07) is -5.04. The number of para-hydroxylation sites is 1. The summed E-state index contributed by atoms with van der Waals surface area (Å²) in [7, 11) is 0. The first-order valence-electron chi connectivity index (χ1n) is 33.4. The third kappa shape index (κ3) is 29.2. The number of hydrogen-bond acceptors (Lipinski definition) is 23. The van der Waals surface area contributed by atoms with Crippen LogP contribution in [0.1, 0.15) is 89.3 Å². The minimum atomic E-state index is -1.96. The van der Waals surface area contributed by atoms with Crippen LogP contribution >= 0.6 is 12.6 Å². The number of phenols is 2. The van der Waals surface area contributed by atoms with Crippen LogP contribution < -0.4 is 81.0 Å². The summed E-state index contributed by atoms with van der Waals surface area (Å²) in [5.41, 5.74) is 18.0. The second kappa shape index (κ2) is 42.8. The van der Waals surface area contributed by atoms with Gasteiger partial charge >= 0.3 is 17.9 Å². The number of fused-ring (bicyclic) bond motifs is 1. The number of carboxylic acids is 3. The van der Waals surface area contributed by atoms with Crippen LogP contribution in [0.3, 0.4) is 0 Å². The normalized spacial score (nSPS) is 14.9. The highest BCUT2D eigenvalue weighted by molar-refractivity contribution is 7.80. The number of carbonyl (C=O) groups excluding carboxylic acids is 14. The second-order valence-electron chi connectivity index (χ2n) is 25.1. The van der Waals surface area contributed by atoms with Crippen LogP contribution in [-0.4, -0.2) is 238 Å². The molecule has 0 aliphatic heterocycles. The Morgan fingerprint density at radius 3 is 1.22 bits per heavy atom. The van der Waals surface area contributed by atoms with Gasteiger partial charge in [0.25, 0.3) is 0 Å². The number of H-pyrrole nitrogens is 1. The van der Waals surface area contributed by atoms with Crippen molar-refractivity contribution in [2.24, 2.45) is 17.2 Å². The van der Waals surface area contributed by atoms with Crippen LogP contribution in [0.25, 0.3) is 10.9 Å². The summed E-state index contributed by atoms with van der Waals surface area (Å²) in [4.78, 5) is 229. The van der Waals surface area contributed by atoms with E-state index in [1.54, 1.807) is 24.3 Å². The first-order valence-corrected chi connectivity index (χ1v) is 34.1. The van der Waals surface area contributed by atoms with Gasteiger partial charge in [0, 0.05) is 61.4 Å². The van der Waals surface area contributed by atoms with Crippen LogP contribution in [0.15, 0.2) is 79.0 Å². The maximum absolute atomic E-state index is 14.7. The Morgan fingerprint density at radius 1 is 0.426 bits per heavy atom. The number of aliphatic hydroxyl groups excluding tert-OH is 2. The zero-order valence-electron chi connectivity index (χ0n) is 58.8. The molecule has 4 rings (SSSR count).